The molecule has 0 unspecified atom stereocenters. The fraction of sp³-hybridized carbons (Fsp3) is 0.0625. The lowest BCUT2D eigenvalue weighted by atomic mass is 10.2. The number of nitriles is 1. The summed E-state index contributed by atoms with van der Waals surface area (Å²) >= 11 is 1.59. The SMILES string of the molecule is N#Cc1cnn(-c2ccccn2)c1SCc1ccccc1. The van der Waals surface area contributed by atoms with E-state index in [0.29, 0.717) is 5.56 Å². The Morgan fingerprint density at radius 1 is 1.10 bits per heavy atom. The molecule has 0 atom stereocenters. The number of aromatic nitrogens is 3. The first kappa shape index (κ1) is 13.4. The van der Waals surface area contributed by atoms with Gasteiger partial charge in [0, 0.05) is 11.9 Å². The molecular formula is C16H12N4S. The minimum Gasteiger partial charge on any atom is -0.237 e. The molecule has 4 nitrogen and oxygen atoms in total. The van der Waals surface area contributed by atoms with Crippen LogP contribution in [-0.2, 0) is 5.75 Å². The van der Waals surface area contributed by atoms with Crippen molar-refractivity contribution >= 4 is 11.8 Å². The van der Waals surface area contributed by atoms with Gasteiger partial charge >= 0.3 is 0 Å². The van der Waals surface area contributed by atoms with E-state index in [1.807, 2.05) is 36.4 Å². The van der Waals surface area contributed by atoms with Gasteiger partial charge in [-0.2, -0.15) is 10.4 Å². The zero-order chi connectivity index (χ0) is 14.5. The molecule has 0 fully saturated rings. The summed E-state index contributed by atoms with van der Waals surface area (Å²) in [5.74, 6) is 1.50. The average Bonchev–Trinajstić information content (AvgIpc) is 2.97. The molecule has 0 aliphatic rings. The highest BCUT2D eigenvalue weighted by Crippen LogP contribution is 2.27. The van der Waals surface area contributed by atoms with Crippen molar-refractivity contribution in [3.05, 3.63) is 72.1 Å². The third kappa shape index (κ3) is 2.96. The van der Waals surface area contributed by atoms with E-state index in [-0.39, 0.29) is 0 Å². The van der Waals surface area contributed by atoms with Gasteiger partial charge in [-0.1, -0.05) is 36.4 Å². The molecule has 0 amide bonds. The second-order valence-electron chi connectivity index (χ2n) is 4.35. The summed E-state index contributed by atoms with van der Waals surface area (Å²) in [5.41, 5.74) is 1.78. The lowest BCUT2D eigenvalue weighted by Gasteiger charge is -2.06. The minimum atomic E-state index is 0.571. The van der Waals surface area contributed by atoms with E-state index >= 15 is 0 Å². The molecule has 2 aromatic heterocycles. The van der Waals surface area contributed by atoms with Crippen molar-refractivity contribution < 1.29 is 0 Å². The summed E-state index contributed by atoms with van der Waals surface area (Å²) in [6.07, 6.45) is 3.30. The first-order chi connectivity index (χ1) is 10.4. The Morgan fingerprint density at radius 2 is 1.90 bits per heavy atom. The van der Waals surface area contributed by atoms with Crippen molar-refractivity contribution in [1.29, 1.82) is 5.26 Å². The van der Waals surface area contributed by atoms with Crippen LogP contribution in [0.2, 0.25) is 0 Å². The van der Waals surface area contributed by atoms with E-state index in [2.05, 4.69) is 28.3 Å². The van der Waals surface area contributed by atoms with E-state index < -0.39 is 0 Å². The Kier molecular flexibility index (Phi) is 3.99. The van der Waals surface area contributed by atoms with Crippen LogP contribution in [0.15, 0.2) is 66.0 Å². The predicted molar refractivity (Wildman–Crippen MR) is 82.1 cm³/mol. The van der Waals surface area contributed by atoms with Crippen molar-refractivity contribution in [2.75, 3.05) is 0 Å². The summed E-state index contributed by atoms with van der Waals surface area (Å²) in [4.78, 5) is 4.29. The highest BCUT2D eigenvalue weighted by Gasteiger charge is 2.13. The summed E-state index contributed by atoms with van der Waals surface area (Å²) in [5, 5.41) is 14.3. The van der Waals surface area contributed by atoms with E-state index in [1.165, 1.54) is 5.56 Å². The maximum atomic E-state index is 9.24. The normalized spacial score (nSPS) is 10.2. The van der Waals surface area contributed by atoms with Crippen LogP contribution in [0.3, 0.4) is 0 Å². The van der Waals surface area contributed by atoms with Crippen molar-refractivity contribution in [2.24, 2.45) is 0 Å². The van der Waals surface area contributed by atoms with E-state index in [9.17, 15) is 5.26 Å². The average molecular weight is 292 g/mol. The molecule has 5 heteroatoms. The summed E-state index contributed by atoms with van der Waals surface area (Å²) in [7, 11) is 0. The van der Waals surface area contributed by atoms with E-state index in [0.717, 1.165) is 16.6 Å². The topological polar surface area (TPSA) is 54.5 Å². The Hall–Kier alpha value is -2.58. The second kappa shape index (κ2) is 6.25. The molecule has 21 heavy (non-hydrogen) atoms. The summed E-state index contributed by atoms with van der Waals surface area (Å²) < 4.78 is 1.71. The molecule has 3 aromatic rings. The number of nitrogens with zero attached hydrogens (tertiary/aromatic N) is 4. The van der Waals surface area contributed by atoms with Gasteiger partial charge in [0.15, 0.2) is 5.82 Å². The van der Waals surface area contributed by atoms with Crippen LogP contribution in [0.1, 0.15) is 11.1 Å². The van der Waals surface area contributed by atoms with Gasteiger partial charge in [-0.05, 0) is 17.7 Å². The van der Waals surface area contributed by atoms with Crippen LogP contribution in [0.4, 0.5) is 0 Å². The molecule has 0 aliphatic heterocycles. The molecule has 0 radical (unpaired) electrons. The zero-order valence-corrected chi connectivity index (χ0v) is 12.0. The number of hydrogen-bond donors (Lipinski definition) is 0. The Labute approximate surface area is 127 Å². The smallest absolute Gasteiger partial charge is 0.154 e. The molecule has 2 heterocycles. The van der Waals surface area contributed by atoms with Gasteiger partial charge in [-0.3, -0.25) is 0 Å². The van der Waals surface area contributed by atoms with Crippen molar-refractivity contribution in [3.8, 4) is 11.9 Å². The third-order valence-electron chi connectivity index (χ3n) is 2.93. The second-order valence-corrected chi connectivity index (χ2v) is 5.31. The van der Waals surface area contributed by atoms with Crippen LogP contribution >= 0.6 is 11.8 Å². The molecule has 0 saturated carbocycles. The first-order valence-corrected chi connectivity index (χ1v) is 7.43. The van der Waals surface area contributed by atoms with E-state index in [4.69, 9.17) is 0 Å². The third-order valence-corrected chi connectivity index (χ3v) is 4.07. The molecule has 0 aliphatic carbocycles. The molecule has 3 rings (SSSR count). The van der Waals surface area contributed by atoms with Gasteiger partial charge in [0.2, 0.25) is 0 Å². The molecule has 102 valence electrons. The Bertz CT molecular complexity index is 760. The number of thioether (sulfide) groups is 1. The number of benzene rings is 1. The predicted octanol–water partition coefficient (Wildman–Crippen LogP) is 3.43. The largest absolute Gasteiger partial charge is 0.237 e. The summed E-state index contributed by atoms with van der Waals surface area (Å²) in [6.45, 7) is 0. The maximum absolute atomic E-state index is 9.24. The van der Waals surface area contributed by atoms with Crippen LogP contribution in [0.5, 0.6) is 0 Å². The highest BCUT2D eigenvalue weighted by molar-refractivity contribution is 7.98. The van der Waals surface area contributed by atoms with Crippen LogP contribution in [-0.4, -0.2) is 14.8 Å². The van der Waals surface area contributed by atoms with Gasteiger partial charge in [0.25, 0.3) is 0 Å². The van der Waals surface area contributed by atoms with Gasteiger partial charge in [0.1, 0.15) is 16.7 Å². The highest BCUT2D eigenvalue weighted by atomic mass is 32.2. The lowest BCUT2D eigenvalue weighted by Crippen LogP contribution is -2.00. The Balaban J connectivity index is 1.90. The van der Waals surface area contributed by atoms with Gasteiger partial charge < -0.3 is 0 Å². The lowest BCUT2D eigenvalue weighted by molar-refractivity contribution is 0.775. The van der Waals surface area contributed by atoms with Crippen LogP contribution in [0, 0.1) is 11.3 Å². The molecule has 1 aromatic carbocycles. The fourth-order valence-corrected chi connectivity index (χ4v) is 2.93. The number of rotatable bonds is 4. The molecular weight excluding hydrogens is 280 g/mol. The van der Waals surface area contributed by atoms with Crippen LogP contribution in [0.25, 0.3) is 5.82 Å². The summed E-state index contributed by atoms with van der Waals surface area (Å²) in [6, 6.07) is 18.0. The molecule has 0 spiro atoms. The van der Waals surface area contributed by atoms with Crippen molar-refractivity contribution in [1.82, 2.24) is 14.8 Å². The Morgan fingerprint density at radius 3 is 2.62 bits per heavy atom. The molecule has 0 N–H and O–H groups in total. The fourth-order valence-electron chi connectivity index (χ4n) is 1.92. The molecule has 0 saturated heterocycles. The van der Waals surface area contributed by atoms with Crippen molar-refractivity contribution in [3.63, 3.8) is 0 Å². The maximum Gasteiger partial charge on any atom is 0.154 e. The van der Waals surface area contributed by atoms with E-state index in [1.54, 1.807) is 28.8 Å². The monoisotopic (exact) mass is 292 g/mol. The van der Waals surface area contributed by atoms with Crippen LogP contribution < -0.4 is 0 Å². The zero-order valence-electron chi connectivity index (χ0n) is 11.2. The quantitative estimate of drug-likeness (QED) is 0.691. The number of pyridine rings is 1. The van der Waals surface area contributed by atoms with Gasteiger partial charge in [0.05, 0.1) is 6.20 Å². The van der Waals surface area contributed by atoms with Crippen molar-refractivity contribution in [2.45, 2.75) is 10.8 Å². The number of hydrogen-bond acceptors (Lipinski definition) is 4. The minimum absolute atomic E-state index is 0.571. The van der Waals surface area contributed by atoms with Gasteiger partial charge in [-0.15, -0.1) is 11.8 Å². The first-order valence-electron chi connectivity index (χ1n) is 6.45. The van der Waals surface area contributed by atoms with Gasteiger partial charge in [-0.25, -0.2) is 9.67 Å². The molecule has 0 bridgehead atoms. The standard InChI is InChI=1S/C16H12N4S/c17-10-14-11-19-20(15-8-4-5-9-18-15)16(14)21-12-13-6-2-1-3-7-13/h1-9,11H,12H2.